The van der Waals surface area contributed by atoms with Crippen molar-refractivity contribution in [1.82, 2.24) is 9.97 Å². The topological polar surface area (TPSA) is 25.8 Å². The molecule has 0 N–H and O–H groups in total. The number of rotatable bonds is 0. The van der Waals surface area contributed by atoms with Crippen LogP contribution in [0.2, 0.25) is 5.15 Å². The molecule has 0 atom stereocenters. The minimum Gasteiger partial charge on any atom is -0.233 e. The van der Waals surface area contributed by atoms with E-state index in [1.54, 1.807) is 0 Å². The lowest BCUT2D eigenvalue weighted by Crippen LogP contribution is -1.94. The van der Waals surface area contributed by atoms with Crippen LogP contribution in [-0.4, -0.2) is 9.97 Å². The van der Waals surface area contributed by atoms with E-state index in [1.165, 1.54) is 16.7 Å². The molecule has 0 amide bonds. The summed E-state index contributed by atoms with van der Waals surface area (Å²) in [5, 5.41) is 0.595. The summed E-state index contributed by atoms with van der Waals surface area (Å²) in [7, 11) is 0. The number of hydrogen-bond acceptors (Lipinski definition) is 2. The predicted molar refractivity (Wildman–Crippen MR) is 64.8 cm³/mol. The molecule has 1 aromatic carbocycles. The minimum atomic E-state index is 0.595. The highest BCUT2D eigenvalue weighted by atomic mass is 35.5. The number of benzene rings is 1. The number of aryl methyl sites for hydroxylation is 2. The molecule has 0 saturated carbocycles. The Hall–Kier alpha value is -1.41. The van der Waals surface area contributed by atoms with Crippen molar-refractivity contribution in [3.05, 3.63) is 45.9 Å². The van der Waals surface area contributed by atoms with Gasteiger partial charge in [-0.05, 0) is 25.0 Å². The Balaban J connectivity index is 2.33. The molecule has 1 heterocycles. The third-order valence-electron chi connectivity index (χ3n) is 3.09. The summed E-state index contributed by atoms with van der Waals surface area (Å²) in [6.45, 7) is 4.00. The van der Waals surface area contributed by atoms with Crippen molar-refractivity contribution in [3.8, 4) is 11.3 Å². The Bertz CT molecular complexity index is 591. The van der Waals surface area contributed by atoms with E-state index >= 15 is 0 Å². The fourth-order valence-electron chi connectivity index (χ4n) is 2.28. The first-order valence-corrected chi connectivity index (χ1v) is 5.66. The molecule has 0 bridgehead atoms. The molecule has 16 heavy (non-hydrogen) atoms. The van der Waals surface area contributed by atoms with Gasteiger partial charge >= 0.3 is 0 Å². The van der Waals surface area contributed by atoms with Crippen molar-refractivity contribution in [3.63, 3.8) is 0 Å². The Morgan fingerprint density at radius 3 is 2.75 bits per heavy atom. The summed E-state index contributed by atoms with van der Waals surface area (Å²) in [6.07, 6.45) is 0.858. The van der Waals surface area contributed by atoms with Crippen LogP contribution in [0.1, 0.15) is 22.5 Å². The van der Waals surface area contributed by atoms with E-state index < -0.39 is 0 Å². The summed E-state index contributed by atoms with van der Waals surface area (Å²) >= 11 is 6.17. The third kappa shape index (κ3) is 1.26. The fraction of sp³-hybridized carbons (Fsp3) is 0.231. The molecular formula is C13H11ClN2. The van der Waals surface area contributed by atoms with Crippen LogP contribution in [0.5, 0.6) is 0 Å². The quantitative estimate of drug-likeness (QED) is 0.554. The van der Waals surface area contributed by atoms with Gasteiger partial charge in [0.1, 0.15) is 11.0 Å². The van der Waals surface area contributed by atoms with Crippen molar-refractivity contribution < 1.29 is 0 Å². The first-order valence-electron chi connectivity index (χ1n) is 5.28. The summed E-state index contributed by atoms with van der Waals surface area (Å²) in [6, 6.07) is 6.30. The molecule has 3 rings (SSSR count). The molecule has 3 heteroatoms. The fourth-order valence-corrected chi connectivity index (χ4v) is 2.56. The lowest BCUT2D eigenvalue weighted by Gasteiger charge is -2.03. The van der Waals surface area contributed by atoms with E-state index in [0.29, 0.717) is 5.15 Å². The van der Waals surface area contributed by atoms with Gasteiger partial charge in [-0.15, -0.1) is 0 Å². The van der Waals surface area contributed by atoms with Gasteiger partial charge in [-0.3, -0.25) is 0 Å². The van der Waals surface area contributed by atoms with Crippen molar-refractivity contribution in [2.24, 2.45) is 0 Å². The van der Waals surface area contributed by atoms with Crippen LogP contribution >= 0.6 is 11.6 Å². The highest BCUT2D eigenvalue weighted by molar-refractivity contribution is 6.30. The van der Waals surface area contributed by atoms with Gasteiger partial charge in [0.25, 0.3) is 0 Å². The highest BCUT2D eigenvalue weighted by Gasteiger charge is 2.24. The molecule has 1 aliphatic rings. The zero-order valence-electron chi connectivity index (χ0n) is 9.21. The molecule has 2 aromatic rings. The summed E-state index contributed by atoms with van der Waals surface area (Å²) in [4.78, 5) is 8.71. The van der Waals surface area contributed by atoms with Crippen molar-refractivity contribution in [1.29, 1.82) is 0 Å². The van der Waals surface area contributed by atoms with E-state index in [2.05, 4.69) is 35.1 Å². The monoisotopic (exact) mass is 230 g/mol. The van der Waals surface area contributed by atoms with Crippen molar-refractivity contribution in [2.45, 2.75) is 20.3 Å². The number of nitrogens with zero attached hydrogens (tertiary/aromatic N) is 2. The zero-order chi connectivity index (χ0) is 11.3. The van der Waals surface area contributed by atoms with E-state index in [4.69, 9.17) is 11.6 Å². The second-order valence-corrected chi connectivity index (χ2v) is 4.52. The molecule has 0 saturated heterocycles. The van der Waals surface area contributed by atoms with E-state index in [1.807, 2.05) is 6.92 Å². The first-order chi connectivity index (χ1) is 7.66. The van der Waals surface area contributed by atoms with Gasteiger partial charge in [0.05, 0.1) is 5.69 Å². The largest absolute Gasteiger partial charge is 0.233 e. The molecule has 0 aliphatic heterocycles. The van der Waals surface area contributed by atoms with Crippen LogP contribution in [0.3, 0.4) is 0 Å². The van der Waals surface area contributed by atoms with Gasteiger partial charge in [0.2, 0.25) is 0 Å². The zero-order valence-corrected chi connectivity index (χ0v) is 9.97. The minimum absolute atomic E-state index is 0.595. The van der Waals surface area contributed by atoms with Crippen LogP contribution in [0, 0.1) is 13.8 Å². The Morgan fingerprint density at radius 1 is 1.12 bits per heavy atom. The number of hydrogen-bond donors (Lipinski definition) is 0. The smallest absolute Gasteiger partial charge is 0.136 e. The van der Waals surface area contributed by atoms with Gasteiger partial charge < -0.3 is 0 Å². The Morgan fingerprint density at radius 2 is 1.94 bits per heavy atom. The average Bonchev–Trinajstić information content (AvgIpc) is 2.59. The number of fused-ring (bicyclic) bond motifs is 3. The Labute approximate surface area is 99.3 Å². The van der Waals surface area contributed by atoms with Crippen LogP contribution in [0.15, 0.2) is 18.2 Å². The number of aromatic nitrogens is 2. The van der Waals surface area contributed by atoms with Gasteiger partial charge in [-0.1, -0.05) is 29.8 Å². The normalized spacial score (nSPS) is 12.4. The highest BCUT2D eigenvalue weighted by Crippen LogP contribution is 2.39. The lowest BCUT2D eigenvalue weighted by molar-refractivity contribution is 1.03. The van der Waals surface area contributed by atoms with E-state index in [9.17, 15) is 0 Å². The molecule has 0 spiro atoms. The van der Waals surface area contributed by atoms with Crippen LogP contribution < -0.4 is 0 Å². The second kappa shape index (κ2) is 3.29. The molecule has 80 valence electrons. The van der Waals surface area contributed by atoms with Gasteiger partial charge in [-0.25, -0.2) is 9.97 Å². The molecular weight excluding hydrogens is 220 g/mol. The second-order valence-electron chi connectivity index (χ2n) is 4.17. The van der Waals surface area contributed by atoms with E-state index in [-0.39, 0.29) is 0 Å². The molecule has 1 aromatic heterocycles. The van der Waals surface area contributed by atoms with E-state index in [0.717, 1.165) is 23.5 Å². The molecule has 2 nitrogen and oxygen atoms in total. The van der Waals surface area contributed by atoms with Gasteiger partial charge in [-0.2, -0.15) is 0 Å². The lowest BCUT2D eigenvalue weighted by atomic mass is 10.0. The third-order valence-corrected chi connectivity index (χ3v) is 3.40. The summed E-state index contributed by atoms with van der Waals surface area (Å²) < 4.78 is 0. The summed E-state index contributed by atoms with van der Waals surface area (Å²) in [5.74, 6) is 0.734. The maximum absolute atomic E-state index is 6.17. The maximum Gasteiger partial charge on any atom is 0.136 e. The molecule has 0 radical (unpaired) electrons. The SMILES string of the molecule is Cc1nc(Cl)c2c(n1)-c1cccc(C)c1C2. The average molecular weight is 231 g/mol. The van der Waals surface area contributed by atoms with Crippen molar-refractivity contribution >= 4 is 11.6 Å². The van der Waals surface area contributed by atoms with Crippen LogP contribution in [-0.2, 0) is 6.42 Å². The van der Waals surface area contributed by atoms with Crippen LogP contribution in [0.25, 0.3) is 11.3 Å². The molecule has 1 aliphatic carbocycles. The molecule has 0 unspecified atom stereocenters. The predicted octanol–water partition coefficient (Wildman–Crippen LogP) is 3.32. The van der Waals surface area contributed by atoms with Gasteiger partial charge in [0.15, 0.2) is 0 Å². The van der Waals surface area contributed by atoms with Crippen molar-refractivity contribution in [2.75, 3.05) is 0 Å². The summed E-state index contributed by atoms with van der Waals surface area (Å²) in [5.41, 5.74) is 5.92. The molecule has 0 fully saturated rings. The van der Waals surface area contributed by atoms with Crippen LogP contribution in [0.4, 0.5) is 0 Å². The Kier molecular flexibility index (Phi) is 2.01. The first kappa shape index (κ1) is 9.79. The standard InChI is InChI=1S/C13H11ClN2/c1-7-4-3-5-9-10(7)6-11-12(9)15-8(2)16-13(11)14/h3-5H,6H2,1-2H3. The maximum atomic E-state index is 6.17. The number of halogens is 1. The van der Waals surface area contributed by atoms with Gasteiger partial charge in [0, 0.05) is 17.5 Å².